The van der Waals surface area contributed by atoms with Crippen LogP contribution in [-0.2, 0) is 7.05 Å². The Morgan fingerprint density at radius 2 is 1.97 bits per heavy atom. The van der Waals surface area contributed by atoms with Crippen molar-refractivity contribution in [2.45, 2.75) is 43.7 Å². The molecule has 4 fully saturated rings. The predicted octanol–water partition coefficient (Wildman–Crippen LogP) is 3.77. The fraction of sp³-hybridized carbons (Fsp3) is 0.440. The van der Waals surface area contributed by atoms with Gasteiger partial charge in [-0.25, -0.2) is 4.98 Å². The van der Waals surface area contributed by atoms with Crippen LogP contribution in [0.25, 0.3) is 10.9 Å². The van der Waals surface area contributed by atoms with Gasteiger partial charge in [0.05, 0.1) is 16.9 Å². The fourth-order valence-corrected chi connectivity index (χ4v) is 6.74. The monoisotopic (exact) mass is 431 g/mol. The van der Waals surface area contributed by atoms with Crippen molar-refractivity contribution in [1.29, 1.82) is 0 Å². The molecule has 0 saturated heterocycles. The summed E-state index contributed by atoms with van der Waals surface area (Å²) in [6, 6.07) is 10.4. The Bertz CT molecular complexity index is 1200. The second kappa shape index (κ2) is 6.97. The quantitative estimate of drug-likeness (QED) is 0.492. The molecule has 32 heavy (non-hydrogen) atoms. The van der Waals surface area contributed by atoms with E-state index in [9.17, 15) is 9.90 Å². The van der Waals surface area contributed by atoms with E-state index in [0.29, 0.717) is 29.1 Å². The number of anilines is 3. The molecule has 5 N–H and O–H groups in total. The molecule has 5 atom stereocenters. The predicted molar refractivity (Wildman–Crippen MR) is 125 cm³/mol. The maximum atomic E-state index is 12.1. The first-order valence-electron chi connectivity index (χ1n) is 11.5. The molecule has 4 aliphatic carbocycles. The summed E-state index contributed by atoms with van der Waals surface area (Å²) in [6.45, 7) is 0. The van der Waals surface area contributed by atoms with Gasteiger partial charge in [0, 0.05) is 48.1 Å². The van der Waals surface area contributed by atoms with Crippen LogP contribution < -0.4 is 16.4 Å². The second-order valence-electron chi connectivity index (χ2n) is 10.2. The highest BCUT2D eigenvalue weighted by Gasteiger charge is 2.54. The van der Waals surface area contributed by atoms with Crippen LogP contribution in [0.3, 0.4) is 0 Å². The Morgan fingerprint density at radius 1 is 1.19 bits per heavy atom. The van der Waals surface area contributed by atoms with Crippen molar-refractivity contribution < 1.29 is 9.90 Å². The lowest BCUT2D eigenvalue weighted by Crippen LogP contribution is -2.59. The summed E-state index contributed by atoms with van der Waals surface area (Å²) >= 11 is 0. The number of amides is 1. The number of aryl methyl sites for hydroxylation is 1. The molecule has 3 aromatic rings. The van der Waals surface area contributed by atoms with Crippen molar-refractivity contribution in [3.8, 4) is 0 Å². The van der Waals surface area contributed by atoms with Gasteiger partial charge >= 0.3 is 0 Å². The van der Waals surface area contributed by atoms with Gasteiger partial charge in [0.1, 0.15) is 5.82 Å². The molecule has 7 nitrogen and oxygen atoms in total. The van der Waals surface area contributed by atoms with Crippen LogP contribution in [-0.4, -0.2) is 32.2 Å². The molecule has 2 heterocycles. The van der Waals surface area contributed by atoms with E-state index in [-0.39, 0.29) is 6.04 Å². The van der Waals surface area contributed by atoms with Crippen molar-refractivity contribution in [2.75, 3.05) is 10.6 Å². The lowest BCUT2D eigenvalue weighted by molar-refractivity contribution is -0.129. The molecule has 1 aromatic carbocycles. The van der Waals surface area contributed by atoms with Crippen molar-refractivity contribution in [3.63, 3.8) is 0 Å². The highest BCUT2D eigenvalue weighted by atomic mass is 16.3. The third-order valence-electron chi connectivity index (χ3n) is 7.89. The number of rotatable bonds is 5. The Hall–Kier alpha value is -3.06. The van der Waals surface area contributed by atoms with Crippen LogP contribution in [0, 0.1) is 17.8 Å². The molecule has 7 rings (SSSR count). The van der Waals surface area contributed by atoms with E-state index in [1.54, 1.807) is 6.20 Å². The zero-order valence-corrected chi connectivity index (χ0v) is 18.2. The SMILES string of the molecule is Cn1ccc2cc(Nc3cc(NC4[C@@H]5CC6C[C@H]4CC(O)(C6)C5)c(C(N)=O)cn3)ccc21. The average Bonchev–Trinajstić information content (AvgIpc) is 3.09. The summed E-state index contributed by atoms with van der Waals surface area (Å²) in [4.78, 5) is 16.6. The van der Waals surface area contributed by atoms with Gasteiger partial charge in [0.25, 0.3) is 5.91 Å². The highest BCUT2D eigenvalue weighted by Crippen LogP contribution is 2.56. The van der Waals surface area contributed by atoms with Gasteiger partial charge in [-0.3, -0.25) is 4.79 Å². The number of hydrogen-bond acceptors (Lipinski definition) is 5. The van der Waals surface area contributed by atoms with Crippen LogP contribution in [0.15, 0.2) is 42.7 Å². The van der Waals surface area contributed by atoms with Gasteiger partial charge in [-0.05, 0) is 74.1 Å². The first-order valence-corrected chi connectivity index (χ1v) is 11.5. The molecule has 2 aromatic heterocycles. The first-order chi connectivity index (χ1) is 15.4. The molecule has 1 amide bonds. The first kappa shape index (κ1) is 19.6. The third kappa shape index (κ3) is 3.23. The minimum Gasteiger partial charge on any atom is -0.390 e. The number of carbonyl (C=O) groups excluding carboxylic acids is 1. The Labute approximate surface area is 187 Å². The molecule has 166 valence electrons. The zero-order valence-electron chi connectivity index (χ0n) is 18.2. The number of nitrogens with zero attached hydrogens (tertiary/aromatic N) is 2. The topological polar surface area (TPSA) is 105 Å². The number of aliphatic hydroxyl groups is 1. The number of hydrogen-bond donors (Lipinski definition) is 4. The summed E-state index contributed by atoms with van der Waals surface area (Å²) in [5.41, 5.74) is 8.42. The van der Waals surface area contributed by atoms with Gasteiger partial charge in [-0.2, -0.15) is 0 Å². The standard InChI is InChI=1S/C25H29N5O2/c1-30-5-4-15-8-18(2-3-21(15)30)28-22-9-20(19(13-27-22)24(26)31)29-23-16-6-14-7-17(23)12-25(32,10-14)11-16/h2-5,8-9,13-14,16-17,23,32H,6-7,10-12H2,1H3,(H2,26,31)(H2,27,28,29)/t14?,16-,17+,23?,25?. The molecule has 0 spiro atoms. The summed E-state index contributed by atoms with van der Waals surface area (Å²) in [5, 5.41) is 19.1. The summed E-state index contributed by atoms with van der Waals surface area (Å²) in [6.07, 6.45) is 8.53. The zero-order chi connectivity index (χ0) is 22.0. The van der Waals surface area contributed by atoms with Crippen molar-refractivity contribution in [1.82, 2.24) is 9.55 Å². The molecule has 4 aliphatic rings. The maximum Gasteiger partial charge on any atom is 0.252 e. The number of pyridine rings is 1. The van der Waals surface area contributed by atoms with Crippen molar-refractivity contribution in [3.05, 3.63) is 48.3 Å². The third-order valence-corrected chi connectivity index (χ3v) is 7.89. The minimum absolute atomic E-state index is 0.251. The van der Waals surface area contributed by atoms with E-state index >= 15 is 0 Å². The van der Waals surface area contributed by atoms with Crippen LogP contribution in [0.1, 0.15) is 42.5 Å². The molecule has 0 aliphatic heterocycles. The minimum atomic E-state index is -0.486. The number of nitrogens with two attached hydrogens (primary N) is 1. The number of fused-ring (bicyclic) bond motifs is 1. The average molecular weight is 432 g/mol. The Kier molecular flexibility index (Phi) is 4.27. The number of aromatic nitrogens is 2. The normalized spacial score (nSPS) is 30.6. The summed E-state index contributed by atoms with van der Waals surface area (Å²) in [5.74, 6) is 1.66. The van der Waals surface area contributed by atoms with Crippen LogP contribution in [0.5, 0.6) is 0 Å². The van der Waals surface area contributed by atoms with Gasteiger partial charge < -0.3 is 26.0 Å². The molecular weight excluding hydrogens is 402 g/mol. The van der Waals surface area contributed by atoms with Crippen LogP contribution in [0.4, 0.5) is 17.2 Å². The number of primary amides is 1. The van der Waals surface area contributed by atoms with E-state index < -0.39 is 11.5 Å². The molecule has 7 heteroatoms. The Morgan fingerprint density at radius 3 is 2.69 bits per heavy atom. The van der Waals surface area contributed by atoms with Gasteiger partial charge in [0.15, 0.2) is 0 Å². The summed E-state index contributed by atoms with van der Waals surface area (Å²) in [7, 11) is 2.03. The van der Waals surface area contributed by atoms with E-state index in [1.807, 2.05) is 25.4 Å². The largest absolute Gasteiger partial charge is 0.390 e. The van der Waals surface area contributed by atoms with E-state index in [0.717, 1.165) is 48.9 Å². The summed E-state index contributed by atoms with van der Waals surface area (Å²) < 4.78 is 2.09. The molecular formula is C25H29N5O2. The Balaban J connectivity index is 1.28. The van der Waals surface area contributed by atoms with Crippen molar-refractivity contribution >= 4 is 34.0 Å². The number of carbonyl (C=O) groups is 1. The van der Waals surface area contributed by atoms with E-state index in [2.05, 4.69) is 38.4 Å². The fourth-order valence-electron chi connectivity index (χ4n) is 6.74. The number of nitrogens with one attached hydrogen (secondary N) is 2. The maximum absolute atomic E-state index is 12.1. The highest BCUT2D eigenvalue weighted by molar-refractivity contribution is 5.98. The molecule has 4 bridgehead atoms. The smallest absolute Gasteiger partial charge is 0.252 e. The van der Waals surface area contributed by atoms with E-state index in [4.69, 9.17) is 5.73 Å². The lowest BCUT2D eigenvalue weighted by Gasteiger charge is -2.58. The molecule has 4 saturated carbocycles. The van der Waals surface area contributed by atoms with Crippen LogP contribution >= 0.6 is 0 Å². The molecule has 0 radical (unpaired) electrons. The number of benzene rings is 1. The lowest BCUT2D eigenvalue weighted by atomic mass is 9.52. The van der Waals surface area contributed by atoms with Gasteiger partial charge in [0.2, 0.25) is 0 Å². The second-order valence-corrected chi connectivity index (χ2v) is 10.2. The van der Waals surface area contributed by atoms with Crippen LogP contribution in [0.2, 0.25) is 0 Å². The van der Waals surface area contributed by atoms with Gasteiger partial charge in [-0.15, -0.1) is 0 Å². The van der Waals surface area contributed by atoms with Crippen molar-refractivity contribution in [2.24, 2.45) is 30.5 Å². The van der Waals surface area contributed by atoms with E-state index in [1.165, 1.54) is 5.52 Å². The molecule has 3 unspecified atom stereocenters. The van der Waals surface area contributed by atoms with Gasteiger partial charge in [-0.1, -0.05) is 0 Å².